The fourth-order valence-corrected chi connectivity index (χ4v) is 4.03. The molecule has 3 amide bonds. The average molecular weight is 497 g/mol. The number of halogens is 1. The van der Waals surface area contributed by atoms with Gasteiger partial charge >= 0.3 is 0 Å². The van der Waals surface area contributed by atoms with E-state index in [4.69, 9.17) is 10.2 Å². The van der Waals surface area contributed by atoms with Gasteiger partial charge in [-0.3, -0.25) is 19.5 Å². The minimum Gasteiger partial charge on any atom is -0.455 e. The Balaban J connectivity index is 1.54. The van der Waals surface area contributed by atoms with Crippen LogP contribution in [-0.2, 0) is 0 Å². The van der Waals surface area contributed by atoms with Gasteiger partial charge in [0.15, 0.2) is 0 Å². The van der Waals surface area contributed by atoms with Gasteiger partial charge in [0.05, 0.1) is 11.8 Å². The van der Waals surface area contributed by atoms with Crippen LogP contribution in [-0.4, -0.2) is 35.0 Å². The summed E-state index contributed by atoms with van der Waals surface area (Å²) in [4.78, 5) is 37.2. The second kappa shape index (κ2) is 9.42. The summed E-state index contributed by atoms with van der Waals surface area (Å²) >= 11 is 0. The normalized spacial score (nSPS) is 10.9. The highest BCUT2D eigenvalue weighted by molar-refractivity contribution is 6.12. The lowest BCUT2D eigenvalue weighted by Gasteiger charge is -2.07. The minimum absolute atomic E-state index is 0.0635. The van der Waals surface area contributed by atoms with Crippen molar-refractivity contribution >= 4 is 34.5 Å². The summed E-state index contributed by atoms with van der Waals surface area (Å²) in [5, 5.41) is 12.1. The number of benzene rings is 3. The highest BCUT2D eigenvalue weighted by Crippen LogP contribution is 2.36. The Morgan fingerprint density at radius 3 is 2.41 bits per heavy atom. The number of H-pyrrole nitrogens is 1. The van der Waals surface area contributed by atoms with Gasteiger partial charge in [-0.25, -0.2) is 4.39 Å². The number of nitrogens with one attached hydrogen (secondary N) is 3. The van der Waals surface area contributed by atoms with Crippen LogP contribution >= 0.6 is 0 Å². The number of aromatic nitrogens is 2. The molecule has 3 aromatic carbocycles. The van der Waals surface area contributed by atoms with E-state index < -0.39 is 17.6 Å². The number of anilines is 1. The second-order valence-corrected chi connectivity index (χ2v) is 8.16. The largest absolute Gasteiger partial charge is 0.455 e. The quantitative estimate of drug-likeness (QED) is 0.276. The van der Waals surface area contributed by atoms with E-state index in [2.05, 4.69) is 20.8 Å². The summed E-state index contributed by atoms with van der Waals surface area (Å²) in [6, 6.07) is 17.9. The van der Waals surface area contributed by atoms with Gasteiger partial charge in [-0.1, -0.05) is 18.2 Å². The molecule has 5 N–H and O–H groups in total. The van der Waals surface area contributed by atoms with Gasteiger partial charge in [-0.15, -0.1) is 0 Å². The van der Waals surface area contributed by atoms with Crippen molar-refractivity contribution in [1.82, 2.24) is 15.5 Å². The third-order valence-electron chi connectivity index (χ3n) is 5.85. The molecule has 5 rings (SSSR count). The van der Waals surface area contributed by atoms with Gasteiger partial charge in [-0.05, 0) is 59.7 Å². The molecule has 0 aliphatic carbocycles. The number of carbonyl (C=O) groups excluding carboxylic acids is 3. The van der Waals surface area contributed by atoms with Crippen molar-refractivity contribution in [3.8, 4) is 22.5 Å². The SMILES string of the molecule is CNC(=O)c1c(-c2ccc(F)cc2)oc2ccc(-c3cccc(C(=O)Nc4[nH]ncc4C(N)=O)c3)cc12. The Labute approximate surface area is 209 Å². The zero-order valence-electron chi connectivity index (χ0n) is 19.5. The van der Waals surface area contributed by atoms with Gasteiger partial charge in [0.1, 0.15) is 28.5 Å². The van der Waals surface area contributed by atoms with Crippen LogP contribution in [0, 0.1) is 5.82 Å². The number of carbonyl (C=O) groups is 3. The number of hydrogen-bond acceptors (Lipinski definition) is 5. The molecule has 37 heavy (non-hydrogen) atoms. The van der Waals surface area contributed by atoms with E-state index >= 15 is 0 Å². The van der Waals surface area contributed by atoms with Crippen LogP contribution in [0.4, 0.5) is 10.2 Å². The lowest BCUT2D eigenvalue weighted by Crippen LogP contribution is -2.18. The molecule has 0 radical (unpaired) electrons. The number of nitrogens with two attached hydrogens (primary N) is 1. The van der Waals surface area contributed by atoms with E-state index in [1.54, 1.807) is 42.5 Å². The maximum absolute atomic E-state index is 13.5. The van der Waals surface area contributed by atoms with Crippen LogP contribution < -0.4 is 16.4 Å². The molecule has 2 heterocycles. The molecule has 2 aromatic heterocycles. The third-order valence-corrected chi connectivity index (χ3v) is 5.85. The Morgan fingerprint density at radius 1 is 0.946 bits per heavy atom. The molecule has 0 bridgehead atoms. The smallest absolute Gasteiger partial charge is 0.256 e. The lowest BCUT2D eigenvalue weighted by atomic mass is 9.99. The molecule has 5 aromatic rings. The van der Waals surface area contributed by atoms with Gasteiger partial charge in [0.2, 0.25) is 0 Å². The van der Waals surface area contributed by atoms with Crippen molar-refractivity contribution in [3.05, 3.63) is 95.4 Å². The number of amides is 3. The van der Waals surface area contributed by atoms with Gasteiger partial charge in [0.25, 0.3) is 17.7 Å². The first-order valence-electron chi connectivity index (χ1n) is 11.1. The van der Waals surface area contributed by atoms with Crippen molar-refractivity contribution in [2.45, 2.75) is 0 Å². The highest BCUT2D eigenvalue weighted by Gasteiger charge is 2.22. The van der Waals surface area contributed by atoms with E-state index in [-0.39, 0.29) is 17.3 Å². The molecule has 0 unspecified atom stereocenters. The summed E-state index contributed by atoms with van der Waals surface area (Å²) in [6.45, 7) is 0. The van der Waals surface area contributed by atoms with Crippen LogP contribution in [0.15, 0.2) is 77.3 Å². The first-order valence-corrected chi connectivity index (χ1v) is 11.1. The van der Waals surface area contributed by atoms with Crippen LogP contribution in [0.2, 0.25) is 0 Å². The van der Waals surface area contributed by atoms with E-state index in [0.29, 0.717) is 39.0 Å². The standard InChI is InChI=1S/C27H20FN5O4/c1-30-27(36)22-19-12-16(7-10-21(19)37-23(22)14-5-8-18(28)9-6-14)15-3-2-4-17(11-15)26(35)32-25-20(24(29)34)13-31-33-25/h2-13H,1H3,(H2,29,34)(H,30,36)(H2,31,32,33,35). The number of nitrogens with zero attached hydrogens (tertiary/aromatic N) is 1. The number of aromatic amines is 1. The van der Waals surface area contributed by atoms with Gasteiger partial charge in [0, 0.05) is 23.6 Å². The van der Waals surface area contributed by atoms with Crippen LogP contribution in [0.1, 0.15) is 31.1 Å². The van der Waals surface area contributed by atoms with Crippen molar-refractivity contribution in [2.24, 2.45) is 5.73 Å². The molecule has 9 nitrogen and oxygen atoms in total. The number of primary amides is 1. The molecular formula is C27H20FN5O4. The summed E-state index contributed by atoms with van der Waals surface area (Å²) in [7, 11) is 1.52. The van der Waals surface area contributed by atoms with Gasteiger partial charge in [-0.2, -0.15) is 5.10 Å². The van der Waals surface area contributed by atoms with Crippen molar-refractivity contribution in [2.75, 3.05) is 12.4 Å². The molecular weight excluding hydrogens is 477 g/mol. The van der Waals surface area contributed by atoms with E-state index in [9.17, 15) is 18.8 Å². The number of rotatable bonds is 6. The number of hydrogen-bond donors (Lipinski definition) is 4. The second-order valence-electron chi connectivity index (χ2n) is 8.16. The topological polar surface area (TPSA) is 143 Å². The summed E-state index contributed by atoms with van der Waals surface area (Å²) in [6.07, 6.45) is 1.23. The van der Waals surface area contributed by atoms with Gasteiger partial charge < -0.3 is 20.8 Å². The Morgan fingerprint density at radius 2 is 1.68 bits per heavy atom. The third kappa shape index (κ3) is 4.43. The Kier molecular flexibility index (Phi) is 5.98. The number of fused-ring (bicyclic) bond motifs is 1. The Bertz CT molecular complexity index is 1670. The van der Waals surface area contributed by atoms with E-state index in [0.717, 1.165) is 5.56 Å². The zero-order chi connectivity index (χ0) is 26.1. The molecule has 0 saturated carbocycles. The van der Waals surface area contributed by atoms with Crippen LogP contribution in [0.5, 0.6) is 0 Å². The molecule has 0 fully saturated rings. The first-order chi connectivity index (χ1) is 17.9. The number of furan rings is 1. The molecule has 0 aliphatic heterocycles. The minimum atomic E-state index is -0.724. The summed E-state index contributed by atoms with van der Waals surface area (Å²) in [5.74, 6) is -1.52. The van der Waals surface area contributed by atoms with Crippen molar-refractivity contribution < 1.29 is 23.2 Å². The molecule has 0 spiro atoms. The van der Waals surface area contributed by atoms with E-state index in [1.807, 2.05) is 12.1 Å². The van der Waals surface area contributed by atoms with Crippen LogP contribution in [0.25, 0.3) is 33.4 Å². The molecule has 0 saturated heterocycles. The Hall–Kier alpha value is -5.25. The fourth-order valence-electron chi connectivity index (χ4n) is 4.03. The van der Waals surface area contributed by atoms with Crippen molar-refractivity contribution in [1.29, 1.82) is 0 Å². The maximum Gasteiger partial charge on any atom is 0.256 e. The highest BCUT2D eigenvalue weighted by atomic mass is 19.1. The lowest BCUT2D eigenvalue weighted by molar-refractivity contribution is 0.0962. The van der Waals surface area contributed by atoms with Crippen LogP contribution in [0.3, 0.4) is 0 Å². The predicted octanol–water partition coefficient (Wildman–Crippen LogP) is 4.34. The molecule has 0 atom stereocenters. The van der Waals surface area contributed by atoms with E-state index in [1.165, 1.54) is 25.4 Å². The maximum atomic E-state index is 13.5. The summed E-state index contributed by atoms with van der Waals surface area (Å²) in [5.41, 5.74) is 8.50. The average Bonchev–Trinajstić information content (AvgIpc) is 3.53. The fraction of sp³-hybridized carbons (Fsp3) is 0.0370. The molecule has 184 valence electrons. The molecule has 0 aliphatic rings. The predicted molar refractivity (Wildman–Crippen MR) is 135 cm³/mol. The van der Waals surface area contributed by atoms with Crippen molar-refractivity contribution in [3.63, 3.8) is 0 Å². The summed E-state index contributed by atoms with van der Waals surface area (Å²) < 4.78 is 19.5. The monoisotopic (exact) mass is 497 g/mol. The molecule has 10 heteroatoms. The zero-order valence-corrected chi connectivity index (χ0v) is 19.5. The first kappa shape index (κ1) is 23.5.